The van der Waals surface area contributed by atoms with Crippen molar-refractivity contribution in [3.05, 3.63) is 0 Å². The van der Waals surface area contributed by atoms with E-state index in [0.717, 1.165) is 0 Å². The summed E-state index contributed by atoms with van der Waals surface area (Å²) < 4.78 is 4.76. The van der Waals surface area contributed by atoms with Crippen molar-refractivity contribution in [2.24, 2.45) is 11.3 Å². The molecule has 0 aromatic heterocycles. The second kappa shape index (κ2) is 7.10. The smallest absolute Gasteiger partial charge is 0.328 e. The number of esters is 1. The van der Waals surface area contributed by atoms with E-state index in [4.69, 9.17) is 16.5 Å². The van der Waals surface area contributed by atoms with Crippen LogP contribution in [-0.4, -0.2) is 43.0 Å². The molecule has 0 radical (unpaired) electrons. The van der Waals surface area contributed by atoms with Gasteiger partial charge in [0.2, 0.25) is 5.91 Å². The van der Waals surface area contributed by atoms with Crippen molar-refractivity contribution >= 4 is 23.7 Å². The van der Waals surface area contributed by atoms with E-state index in [1.165, 1.54) is 12.0 Å². The first-order valence-electron chi connectivity index (χ1n) is 6.28. The Hall–Kier alpha value is -0.810. The number of nitrogens with one attached hydrogen (secondary N) is 1. The molecule has 6 heteroatoms. The van der Waals surface area contributed by atoms with Crippen LogP contribution >= 0.6 is 11.8 Å². The summed E-state index contributed by atoms with van der Waals surface area (Å²) in [6.45, 7) is 9.45. The predicted molar refractivity (Wildman–Crippen MR) is 75.6 cm³/mol. The van der Waals surface area contributed by atoms with Gasteiger partial charge >= 0.3 is 5.97 Å². The third-order valence-electron chi connectivity index (χ3n) is 3.06. The number of carbonyl (C=O) groups is 2. The quantitative estimate of drug-likeness (QED) is 0.620. The van der Waals surface area contributed by atoms with Crippen molar-refractivity contribution in [3.63, 3.8) is 0 Å². The van der Waals surface area contributed by atoms with Crippen LogP contribution in [0, 0.1) is 11.3 Å². The lowest BCUT2D eigenvalue weighted by atomic mass is 9.86. The molecule has 0 rings (SSSR count). The zero-order chi connectivity index (χ0) is 15.4. The standard InChI is InChI=1S/C13H25ClN2O3/c1-8(2)9(12(18)19-7)16(6)11(17)10(15-14)13(3,4)5/h8-10,15H,1-7H3/t9-,10+/m0/s1. The van der Waals surface area contributed by atoms with E-state index < -0.39 is 18.1 Å². The second-order valence-corrected chi connectivity index (χ2v) is 6.29. The lowest BCUT2D eigenvalue weighted by molar-refractivity contribution is -0.155. The average molecular weight is 293 g/mol. The molecule has 1 N–H and O–H groups in total. The fourth-order valence-electron chi connectivity index (χ4n) is 1.92. The number of methoxy groups -OCH3 is 1. The zero-order valence-corrected chi connectivity index (χ0v) is 13.5. The number of amides is 1. The summed E-state index contributed by atoms with van der Waals surface area (Å²) in [5.74, 6) is -0.697. The van der Waals surface area contributed by atoms with Gasteiger partial charge in [-0.3, -0.25) is 4.79 Å². The summed E-state index contributed by atoms with van der Waals surface area (Å²) in [6.07, 6.45) is 0. The first kappa shape index (κ1) is 18.2. The van der Waals surface area contributed by atoms with Gasteiger partial charge in [0.1, 0.15) is 12.1 Å². The number of hydrogen-bond donors (Lipinski definition) is 1. The molecular formula is C13H25ClN2O3. The highest BCUT2D eigenvalue weighted by atomic mass is 35.5. The maximum absolute atomic E-state index is 12.5. The van der Waals surface area contributed by atoms with E-state index in [1.807, 2.05) is 34.6 Å². The van der Waals surface area contributed by atoms with Gasteiger partial charge in [-0.2, -0.15) is 0 Å². The second-order valence-electron chi connectivity index (χ2n) is 6.07. The predicted octanol–water partition coefficient (Wildman–Crippen LogP) is 1.80. The molecule has 0 aromatic carbocycles. The molecule has 0 heterocycles. The molecule has 0 spiro atoms. The molecule has 2 atom stereocenters. The normalized spacial score (nSPS) is 15.0. The maximum atomic E-state index is 12.5. The summed E-state index contributed by atoms with van der Waals surface area (Å²) in [7, 11) is 2.91. The van der Waals surface area contributed by atoms with E-state index in [9.17, 15) is 9.59 Å². The highest BCUT2D eigenvalue weighted by molar-refractivity contribution is 6.15. The minimum atomic E-state index is -0.618. The van der Waals surface area contributed by atoms with E-state index >= 15 is 0 Å². The van der Waals surface area contributed by atoms with E-state index in [1.54, 1.807) is 7.05 Å². The summed E-state index contributed by atoms with van der Waals surface area (Å²) in [5.41, 5.74) is -0.356. The summed E-state index contributed by atoms with van der Waals surface area (Å²) >= 11 is 5.68. The summed E-state index contributed by atoms with van der Waals surface area (Å²) in [6, 6.07) is -1.20. The Morgan fingerprint density at radius 2 is 1.74 bits per heavy atom. The van der Waals surface area contributed by atoms with Crippen LogP contribution in [0.1, 0.15) is 34.6 Å². The molecule has 0 aliphatic heterocycles. The van der Waals surface area contributed by atoms with Crippen LogP contribution in [0.25, 0.3) is 0 Å². The highest BCUT2D eigenvalue weighted by Gasteiger charge is 2.38. The third-order valence-corrected chi connectivity index (χ3v) is 3.28. The Bertz CT molecular complexity index is 326. The van der Waals surface area contributed by atoms with E-state index in [0.29, 0.717) is 0 Å². The number of hydrogen-bond acceptors (Lipinski definition) is 4. The first-order valence-corrected chi connectivity index (χ1v) is 6.66. The van der Waals surface area contributed by atoms with Gasteiger partial charge in [-0.1, -0.05) is 34.6 Å². The number of ether oxygens (including phenoxy) is 1. The SMILES string of the molecule is COC(=O)[C@H](C(C)C)N(C)C(=O)[C@@H](NCl)C(C)(C)C. The molecular weight excluding hydrogens is 268 g/mol. The number of nitrogens with zero attached hydrogens (tertiary/aromatic N) is 1. The molecule has 19 heavy (non-hydrogen) atoms. The van der Waals surface area contributed by atoms with Gasteiger partial charge in [0.15, 0.2) is 0 Å². The fourth-order valence-corrected chi connectivity index (χ4v) is 2.34. The molecule has 0 aliphatic rings. The zero-order valence-electron chi connectivity index (χ0n) is 12.8. The molecule has 0 bridgehead atoms. The lowest BCUT2D eigenvalue weighted by Gasteiger charge is -2.35. The van der Waals surface area contributed by atoms with Gasteiger partial charge < -0.3 is 9.64 Å². The first-order chi connectivity index (χ1) is 8.57. The highest BCUT2D eigenvalue weighted by Crippen LogP contribution is 2.23. The van der Waals surface area contributed by atoms with Gasteiger partial charge in [-0.15, -0.1) is 0 Å². The van der Waals surface area contributed by atoms with Gasteiger partial charge in [0, 0.05) is 7.05 Å². The number of carbonyl (C=O) groups excluding carboxylic acids is 2. The maximum Gasteiger partial charge on any atom is 0.328 e. The van der Waals surface area contributed by atoms with E-state index in [-0.39, 0.29) is 17.2 Å². The Balaban J connectivity index is 5.20. The van der Waals surface area contributed by atoms with Crippen molar-refractivity contribution < 1.29 is 14.3 Å². The molecule has 112 valence electrons. The van der Waals surface area contributed by atoms with Crippen molar-refractivity contribution in [2.45, 2.75) is 46.7 Å². The number of likely N-dealkylation sites (N-methyl/N-ethyl adjacent to an activating group) is 1. The van der Waals surface area contributed by atoms with Crippen LogP contribution in [0.15, 0.2) is 0 Å². The fraction of sp³-hybridized carbons (Fsp3) is 0.846. The molecule has 1 amide bonds. The van der Waals surface area contributed by atoms with Gasteiger partial charge in [0.25, 0.3) is 0 Å². The number of halogens is 1. The molecule has 0 unspecified atom stereocenters. The van der Waals surface area contributed by atoms with Crippen molar-refractivity contribution in [1.29, 1.82) is 0 Å². The van der Waals surface area contributed by atoms with Gasteiger partial charge in [-0.25, -0.2) is 9.63 Å². The van der Waals surface area contributed by atoms with Crippen molar-refractivity contribution in [3.8, 4) is 0 Å². The van der Waals surface area contributed by atoms with Crippen LogP contribution in [0.5, 0.6) is 0 Å². The van der Waals surface area contributed by atoms with Crippen molar-refractivity contribution in [2.75, 3.05) is 14.2 Å². The Morgan fingerprint density at radius 1 is 1.26 bits per heavy atom. The van der Waals surface area contributed by atoms with Gasteiger partial charge in [-0.05, 0) is 23.1 Å². The number of rotatable bonds is 5. The Kier molecular flexibility index (Phi) is 6.80. The summed E-state index contributed by atoms with van der Waals surface area (Å²) in [5, 5.41) is 0. The van der Waals surface area contributed by atoms with Crippen LogP contribution in [0.4, 0.5) is 0 Å². The third kappa shape index (κ3) is 4.66. The molecule has 0 saturated carbocycles. The van der Waals surface area contributed by atoms with Crippen LogP contribution in [-0.2, 0) is 14.3 Å². The molecule has 5 nitrogen and oxygen atoms in total. The molecule has 0 aliphatic carbocycles. The van der Waals surface area contributed by atoms with Gasteiger partial charge in [0.05, 0.1) is 7.11 Å². The Labute approximate surface area is 120 Å². The topological polar surface area (TPSA) is 58.6 Å². The summed E-state index contributed by atoms with van der Waals surface area (Å²) in [4.78, 5) is 28.2. The average Bonchev–Trinajstić information content (AvgIpc) is 2.27. The molecule has 0 aromatic rings. The van der Waals surface area contributed by atoms with Crippen LogP contribution in [0.2, 0.25) is 0 Å². The molecule has 0 fully saturated rings. The van der Waals surface area contributed by atoms with Crippen LogP contribution in [0.3, 0.4) is 0 Å². The minimum Gasteiger partial charge on any atom is -0.467 e. The van der Waals surface area contributed by atoms with Crippen molar-refractivity contribution in [1.82, 2.24) is 9.74 Å². The monoisotopic (exact) mass is 292 g/mol. The molecule has 0 saturated heterocycles. The van der Waals surface area contributed by atoms with E-state index in [2.05, 4.69) is 4.84 Å². The Morgan fingerprint density at radius 3 is 2.00 bits per heavy atom. The largest absolute Gasteiger partial charge is 0.467 e. The van der Waals surface area contributed by atoms with Crippen LogP contribution < -0.4 is 4.84 Å². The minimum absolute atomic E-state index is 0.0441. The lowest BCUT2D eigenvalue weighted by Crippen LogP contribution is -2.55.